The van der Waals surface area contributed by atoms with Crippen molar-refractivity contribution >= 4 is 37.4 Å². The van der Waals surface area contributed by atoms with Gasteiger partial charge < -0.3 is 0 Å². The molecule has 1 atom stereocenters. The first-order valence-electron chi connectivity index (χ1n) is 4.43. The van der Waals surface area contributed by atoms with E-state index in [1.807, 2.05) is 12.1 Å². The van der Waals surface area contributed by atoms with Gasteiger partial charge in [0.1, 0.15) is 9.84 Å². The predicted octanol–water partition coefficient (Wildman–Crippen LogP) is 2.69. The number of benzene rings is 1. The third kappa shape index (κ3) is 5.54. The van der Waals surface area contributed by atoms with Crippen molar-refractivity contribution in [1.82, 2.24) is 0 Å². The summed E-state index contributed by atoms with van der Waals surface area (Å²) in [6.45, 7) is 0. The summed E-state index contributed by atoms with van der Waals surface area (Å²) < 4.78 is 22.1. The molecule has 84 valence electrons. The van der Waals surface area contributed by atoms with Crippen LogP contribution >= 0.6 is 27.5 Å². The van der Waals surface area contributed by atoms with Gasteiger partial charge in [0.25, 0.3) is 0 Å². The van der Waals surface area contributed by atoms with Gasteiger partial charge in [0.05, 0.1) is 5.75 Å². The second-order valence-corrected chi connectivity index (χ2v) is 7.44. The lowest BCUT2D eigenvalue weighted by Crippen LogP contribution is -2.16. The Labute approximate surface area is 104 Å². The minimum Gasteiger partial charge on any atom is -0.229 e. The molecule has 0 saturated carbocycles. The molecule has 2 nitrogen and oxygen atoms in total. The summed E-state index contributed by atoms with van der Waals surface area (Å²) in [4.78, 5) is -0.0475. The van der Waals surface area contributed by atoms with E-state index in [1.165, 1.54) is 6.26 Å². The average Bonchev–Trinajstić information content (AvgIpc) is 2.05. The molecule has 1 aromatic rings. The monoisotopic (exact) mass is 310 g/mol. The summed E-state index contributed by atoms with van der Waals surface area (Å²) in [5.41, 5.74) is 1.07. The van der Waals surface area contributed by atoms with Crippen LogP contribution in [0.15, 0.2) is 24.3 Å². The molecule has 0 N–H and O–H groups in total. The maximum atomic E-state index is 11.0. The molecule has 15 heavy (non-hydrogen) atoms. The van der Waals surface area contributed by atoms with Gasteiger partial charge in [-0.15, -0.1) is 0 Å². The second-order valence-electron chi connectivity index (χ2n) is 3.52. The second kappa shape index (κ2) is 5.32. The Hall–Kier alpha value is -0.0600. The Morgan fingerprint density at radius 1 is 1.33 bits per heavy atom. The highest BCUT2D eigenvalue weighted by Crippen LogP contribution is 2.15. The van der Waals surface area contributed by atoms with Crippen LogP contribution in [0.5, 0.6) is 0 Å². The van der Waals surface area contributed by atoms with Crippen LogP contribution in [0.3, 0.4) is 0 Å². The Morgan fingerprint density at radius 2 is 1.87 bits per heavy atom. The van der Waals surface area contributed by atoms with Gasteiger partial charge in [-0.2, -0.15) is 0 Å². The Kier molecular flexibility index (Phi) is 4.62. The largest absolute Gasteiger partial charge is 0.229 e. The zero-order valence-corrected chi connectivity index (χ0v) is 11.4. The van der Waals surface area contributed by atoms with E-state index < -0.39 is 9.84 Å². The Bertz CT molecular complexity index is 414. The zero-order valence-electron chi connectivity index (χ0n) is 8.28. The van der Waals surface area contributed by atoms with Gasteiger partial charge >= 0.3 is 0 Å². The van der Waals surface area contributed by atoms with Crippen LogP contribution in [-0.4, -0.2) is 25.3 Å². The van der Waals surface area contributed by atoms with Crippen LogP contribution in [0.25, 0.3) is 0 Å². The number of hydrogen-bond donors (Lipinski definition) is 0. The van der Waals surface area contributed by atoms with Gasteiger partial charge in [0.15, 0.2) is 0 Å². The lowest BCUT2D eigenvalue weighted by atomic mass is 10.1. The average molecular weight is 312 g/mol. The molecule has 0 amide bonds. The smallest absolute Gasteiger partial charge is 0.148 e. The molecule has 0 aromatic heterocycles. The SMILES string of the molecule is CS(=O)(=O)CC(Br)Cc1ccc(Cl)cc1. The van der Waals surface area contributed by atoms with Crippen LogP contribution < -0.4 is 0 Å². The van der Waals surface area contributed by atoms with Gasteiger partial charge in [-0.25, -0.2) is 8.42 Å². The van der Waals surface area contributed by atoms with Crippen molar-refractivity contribution in [2.24, 2.45) is 0 Å². The highest BCUT2D eigenvalue weighted by Gasteiger charge is 2.12. The molecule has 1 aromatic carbocycles. The molecule has 0 aliphatic carbocycles. The molecule has 0 spiro atoms. The molecule has 0 aliphatic rings. The number of rotatable bonds is 4. The number of halogens is 2. The zero-order chi connectivity index (χ0) is 11.5. The minimum atomic E-state index is -2.92. The predicted molar refractivity (Wildman–Crippen MR) is 67.6 cm³/mol. The fourth-order valence-electron chi connectivity index (χ4n) is 1.26. The number of hydrogen-bond acceptors (Lipinski definition) is 2. The van der Waals surface area contributed by atoms with Crippen LogP contribution in [0, 0.1) is 0 Å². The van der Waals surface area contributed by atoms with E-state index in [4.69, 9.17) is 11.6 Å². The lowest BCUT2D eigenvalue weighted by molar-refractivity contribution is 0.600. The van der Waals surface area contributed by atoms with E-state index in [0.717, 1.165) is 5.56 Å². The molecule has 1 unspecified atom stereocenters. The van der Waals surface area contributed by atoms with Crippen molar-refractivity contribution in [2.45, 2.75) is 11.2 Å². The maximum absolute atomic E-state index is 11.0. The minimum absolute atomic E-state index is 0.0475. The first kappa shape index (κ1) is 13.0. The highest BCUT2D eigenvalue weighted by molar-refractivity contribution is 9.09. The van der Waals surface area contributed by atoms with E-state index in [-0.39, 0.29) is 10.6 Å². The summed E-state index contributed by atoms with van der Waals surface area (Å²) in [7, 11) is -2.92. The molecular formula is C10H12BrClO2S. The topological polar surface area (TPSA) is 34.1 Å². The van der Waals surface area contributed by atoms with Gasteiger partial charge in [0.2, 0.25) is 0 Å². The van der Waals surface area contributed by atoms with Crippen LogP contribution in [-0.2, 0) is 16.3 Å². The van der Waals surface area contributed by atoms with E-state index >= 15 is 0 Å². The summed E-state index contributed by atoms with van der Waals surface area (Å²) >= 11 is 9.10. The van der Waals surface area contributed by atoms with Crippen molar-refractivity contribution in [3.05, 3.63) is 34.9 Å². The normalized spacial score (nSPS) is 13.8. The third-order valence-corrected chi connectivity index (χ3v) is 4.19. The molecule has 1 rings (SSSR count). The van der Waals surface area contributed by atoms with Crippen LogP contribution in [0.4, 0.5) is 0 Å². The van der Waals surface area contributed by atoms with Gasteiger partial charge in [-0.05, 0) is 24.1 Å². The van der Waals surface area contributed by atoms with Gasteiger partial charge in [-0.1, -0.05) is 39.7 Å². The number of alkyl halides is 1. The molecule has 0 bridgehead atoms. The van der Waals surface area contributed by atoms with E-state index in [9.17, 15) is 8.42 Å². The van der Waals surface area contributed by atoms with Crippen LogP contribution in [0.1, 0.15) is 5.56 Å². The molecule has 0 aliphatic heterocycles. The summed E-state index contributed by atoms with van der Waals surface area (Å²) in [6.07, 6.45) is 1.92. The van der Waals surface area contributed by atoms with Crippen molar-refractivity contribution in [2.75, 3.05) is 12.0 Å². The molecule has 5 heteroatoms. The molecule has 0 saturated heterocycles. The van der Waals surface area contributed by atoms with E-state index in [2.05, 4.69) is 15.9 Å². The van der Waals surface area contributed by atoms with E-state index in [1.54, 1.807) is 12.1 Å². The number of sulfone groups is 1. The van der Waals surface area contributed by atoms with Crippen molar-refractivity contribution in [3.8, 4) is 0 Å². The molecular weight excluding hydrogens is 300 g/mol. The summed E-state index contributed by atoms with van der Waals surface area (Å²) in [6, 6.07) is 7.41. The first-order valence-corrected chi connectivity index (χ1v) is 7.78. The highest BCUT2D eigenvalue weighted by atomic mass is 79.9. The summed E-state index contributed by atoms with van der Waals surface area (Å²) in [5, 5.41) is 0.688. The molecule has 0 radical (unpaired) electrons. The maximum Gasteiger partial charge on any atom is 0.148 e. The van der Waals surface area contributed by atoms with E-state index in [0.29, 0.717) is 11.4 Å². The fourth-order valence-corrected chi connectivity index (χ4v) is 3.98. The van der Waals surface area contributed by atoms with Gasteiger partial charge in [-0.3, -0.25) is 0 Å². The summed E-state index contributed by atoms with van der Waals surface area (Å²) in [5.74, 6) is 0.148. The molecule has 0 fully saturated rings. The standard InChI is InChI=1S/C10H12BrClO2S/c1-15(13,14)7-9(11)6-8-2-4-10(12)5-3-8/h2-5,9H,6-7H2,1H3. The Balaban J connectivity index is 2.59. The molecule has 0 heterocycles. The van der Waals surface area contributed by atoms with Crippen LogP contribution in [0.2, 0.25) is 5.02 Å². The first-order chi connectivity index (χ1) is 6.87. The fraction of sp³-hybridized carbons (Fsp3) is 0.400. The third-order valence-electron chi connectivity index (χ3n) is 1.85. The van der Waals surface area contributed by atoms with Crippen molar-refractivity contribution in [3.63, 3.8) is 0 Å². The van der Waals surface area contributed by atoms with Crippen molar-refractivity contribution in [1.29, 1.82) is 0 Å². The van der Waals surface area contributed by atoms with Crippen molar-refractivity contribution < 1.29 is 8.42 Å². The lowest BCUT2D eigenvalue weighted by Gasteiger charge is -2.08. The quantitative estimate of drug-likeness (QED) is 0.801. The van der Waals surface area contributed by atoms with Gasteiger partial charge in [0, 0.05) is 16.1 Å². The Morgan fingerprint density at radius 3 is 2.33 bits per heavy atom.